The van der Waals surface area contributed by atoms with Crippen LogP contribution in [0, 0.1) is 0 Å². The van der Waals surface area contributed by atoms with Crippen molar-refractivity contribution in [2.45, 2.75) is 12.3 Å². The van der Waals surface area contributed by atoms with Gasteiger partial charge in [0.2, 0.25) is 0 Å². The molecule has 21 heavy (non-hydrogen) atoms. The molecule has 4 heteroatoms. The van der Waals surface area contributed by atoms with Crippen LogP contribution in [0.15, 0.2) is 48.5 Å². The number of benzene rings is 2. The lowest BCUT2D eigenvalue weighted by molar-refractivity contribution is 0.282. The highest BCUT2D eigenvalue weighted by molar-refractivity contribution is 9.09. The van der Waals surface area contributed by atoms with Gasteiger partial charge in [0.25, 0.3) is 0 Å². The van der Waals surface area contributed by atoms with E-state index in [1.807, 2.05) is 36.4 Å². The Morgan fingerprint density at radius 2 is 1.71 bits per heavy atom. The molecule has 2 aromatic rings. The van der Waals surface area contributed by atoms with E-state index in [-0.39, 0.29) is 0 Å². The maximum atomic E-state index is 5.93. The zero-order valence-electron chi connectivity index (χ0n) is 11.9. The van der Waals surface area contributed by atoms with Crippen LogP contribution in [0.4, 0.5) is 0 Å². The van der Waals surface area contributed by atoms with Crippen LogP contribution in [0.2, 0.25) is 5.02 Å². The number of methoxy groups -OCH3 is 1. The molecule has 0 aliphatic heterocycles. The van der Waals surface area contributed by atoms with Crippen molar-refractivity contribution in [2.24, 2.45) is 0 Å². The lowest BCUT2D eigenvalue weighted by atomic mass is 9.98. The number of hydrogen-bond donors (Lipinski definition) is 0. The highest BCUT2D eigenvalue weighted by Gasteiger charge is 2.11. The van der Waals surface area contributed by atoms with Crippen molar-refractivity contribution in [3.8, 4) is 11.5 Å². The number of rotatable bonds is 7. The van der Waals surface area contributed by atoms with Crippen molar-refractivity contribution in [3.63, 3.8) is 0 Å². The van der Waals surface area contributed by atoms with Crippen LogP contribution in [0.5, 0.6) is 11.5 Å². The molecule has 0 saturated carbocycles. The second kappa shape index (κ2) is 8.30. The summed E-state index contributed by atoms with van der Waals surface area (Å²) in [6.45, 7) is 0.638. The average molecular weight is 370 g/mol. The number of alkyl halides is 1. The molecule has 0 amide bonds. The van der Waals surface area contributed by atoms with Crippen LogP contribution < -0.4 is 9.47 Å². The Kier molecular flexibility index (Phi) is 6.40. The normalized spacial score (nSPS) is 12.0. The van der Waals surface area contributed by atoms with Gasteiger partial charge in [-0.2, -0.15) is 0 Å². The molecule has 0 aliphatic rings. The van der Waals surface area contributed by atoms with E-state index in [2.05, 4.69) is 28.1 Å². The molecule has 0 heterocycles. The molecule has 2 nitrogen and oxygen atoms in total. The third kappa shape index (κ3) is 4.65. The lowest BCUT2D eigenvalue weighted by Crippen LogP contribution is -2.07. The maximum absolute atomic E-state index is 5.93. The van der Waals surface area contributed by atoms with Gasteiger partial charge in [-0.1, -0.05) is 51.8 Å². The molecular formula is C17H18BrClO2. The summed E-state index contributed by atoms with van der Waals surface area (Å²) in [6.07, 6.45) is 0.922. The summed E-state index contributed by atoms with van der Waals surface area (Å²) >= 11 is 9.50. The Bertz CT molecular complexity index is 557. The highest BCUT2D eigenvalue weighted by atomic mass is 79.9. The van der Waals surface area contributed by atoms with Crippen LogP contribution in [0.3, 0.4) is 0 Å². The van der Waals surface area contributed by atoms with Crippen molar-refractivity contribution >= 4 is 27.5 Å². The van der Waals surface area contributed by atoms with Gasteiger partial charge in [-0.25, -0.2) is 0 Å². The van der Waals surface area contributed by atoms with Gasteiger partial charge in [-0.3, -0.25) is 0 Å². The summed E-state index contributed by atoms with van der Waals surface area (Å²) in [5, 5.41) is 1.65. The SMILES string of the molecule is COc1ccccc1OCCC(CBr)c1ccc(Cl)cc1. The first-order valence-corrected chi connectivity index (χ1v) is 8.31. The van der Waals surface area contributed by atoms with Crippen molar-refractivity contribution in [2.75, 3.05) is 19.0 Å². The van der Waals surface area contributed by atoms with Crippen molar-refractivity contribution < 1.29 is 9.47 Å². The van der Waals surface area contributed by atoms with E-state index in [1.54, 1.807) is 7.11 Å². The standard InChI is InChI=1S/C17H18BrClO2/c1-20-16-4-2-3-5-17(16)21-11-10-14(12-18)13-6-8-15(19)9-7-13/h2-9,14H,10-12H2,1H3. The van der Waals surface area contributed by atoms with E-state index in [0.717, 1.165) is 28.3 Å². The second-order valence-corrected chi connectivity index (χ2v) is 5.77. The summed E-state index contributed by atoms with van der Waals surface area (Å²) in [6, 6.07) is 15.7. The molecule has 0 fully saturated rings. The van der Waals surface area contributed by atoms with Gasteiger partial charge in [-0.05, 0) is 42.2 Å². The summed E-state index contributed by atoms with van der Waals surface area (Å²) < 4.78 is 11.1. The van der Waals surface area contributed by atoms with E-state index >= 15 is 0 Å². The van der Waals surface area contributed by atoms with Gasteiger partial charge in [0.15, 0.2) is 11.5 Å². The molecule has 0 saturated heterocycles. The molecule has 2 rings (SSSR count). The van der Waals surface area contributed by atoms with E-state index in [9.17, 15) is 0 Å². The largest absolute Gasteiger partial charge is 0.493 e. The van der Waals surface area contributed by atoms with E-state index < -0.39 is 0 Å². The van der Waals surface area contributed by atoms with Crippen LogP contribution in [-0.2, 0) is 0 Å². The Hall–Kier alpha value is -1.19. The number of halogens is 2. The number of hydrogen-bond acceptors (Lipinski definition) is 2. The summed E-state index contributed by atoms with van der Waals surface area (Å²) in [7, 11) is 1.65. The zero-order valence-corrected chi connectivity index (χ0v) is 14.2. The van der Waals surface area contributed by atoms with Gasteiger partial charge >= 0.3 is 0 Å². The summed E-state index contributed by atoms with van der Waals surface area (Å²) in [4.78, 5) is 0. The van der Waals surface area contributed by atoms with Gasteiger partial charge in [0.1, 0.15) is 0 Å². The van der Waals surface area contributed by atoms with E-state index in [1.165, 1.54) is 5.56 Å². The molecule has 1 unspecified atom stereocenters. The monoisotopic (exact) mass is 368 g/mol. The van der Waals surface area contributed by atoms with Gasteiger partial charge in [0, 0.05) is 10.4 Å². The van der Waals surface area contributed by atoms with Crippen LogP contribution in [0.1, 0.15) is 17.9 Å². The fraction of sp³-hybridized carbons (Fsp3) is 0.294. The third-order valence-corrected chi connectivity index (χ3v) is 4.35. The fourth-order valence-electron chi connectivity index (χ4n) is 2.12. The molecule has 0 N–H and O–H groups in total. The predicted molar refractivity (Wildman–Crippen MR) is 91.1 cm³/mol. The minimum Gasteiger partial charge on any atom is -0.493 e. The van der Waals surface area contributed by atoms with Gasteiger partial charge in [0.05, 0.1) is 13.7 Å². The Morgan fingerprint density at radius 3 is 2.33 bits per heavy atom. The molecule has 0 spiro atoms. The predicted octanol–water partition coefficient (Wildman–Crippen LogP) is 5.30. The topological polar surface area (TPSA) is 18.5 Å². The van der Waals surface area contributed by atoms with E-state index in [4.69, 9.17) is 21.1 Å². The van der Waals surface area contributed by atoms with Crippen LogP contribution in [-0.4, -0.2) is 19.0 Å². The molecule has 0 aromatic heterocycles. The summed E-state index contributed by atoms with van der Waals surface area (Å²) in [5.74, 6) is 1.95. The van der Waals surface area contributed by atoms with Crippen molar-refractivity contribution in [1.29, 1.82) is 0 Å². The minimum atomic E-state index is 0.400. The van der Waals surface area contributed by atoms with Crippen molar-refractivity contribution in [1.82, 2.24) is 0 Å². The van der Waals surface area contributed by atoms with Crippen LogP contribution in [0.25, 0.3) is 0 Å². The zero-order chi connectivity index (χ0) is 15.1. The minimum absolute atomic E-state index is 0.400. The van der Waals surface area contributed by atoms with E-state index in [0.29, 0.717) is 12.5 Å². The summed E-state index contributed by atoms with van der Waals surface area (Å²) in [5.41, 5.74) is 1.26. The van der Waals surface area contributed by atoms with Crippen molar-refractivity contribution in [3.05, 3.63) is 59.1 Å². The average Bonchev–Trinajstić information content (AvgIpc) is 2.53. The third-order valence-electron chi connectivity index (χ3n) is 3.32. The fourth-order valence-corrected chi connectivity index (χ4v) is 2.94. The Morgan fingerprint density at radius 1 is 1.05 bits per heavy atom. The van der Waals surface area contributed by atoms with Gasteiger partial charge in [-0.15, -0.1) is 0 Å². The Labute approximate surface area is 139 Å². The first kappa shape index (κ1) is 16.2. The molecular weight excluding hydrogens is 352 g/mol. The molecule has 1 atom stereocenters. The van der Waals surface area contributed by atoms with Gasteiger partial charge < -0.3 is 9.47 Å². The number of para-hydroxylation sites is 2. The molecule has 0 aliphatic carbocycles. The molecule has 0 radical (unpaired) electrons. The second-order valence-electron chi connectivity index (χ2n) is 4.69. The highest BCUT2D eigenvalue weighted by Crippen LogP contribution is 2.28. The first-order valence-electron chi connectivity index (χ1n) is 6.82. The number of ether oxygens (including phenoxy) is 2. The molecule has 2 aromatic carbocycles. The lowest BCUT2D eigenvalue weighted by Gasteiger charge is -2.16. The molecule has 112 valence electrons. The molecule has 0 bridgehead atoms. The quantitative estimate of drug-likeness (QED) is 0.617. The smallest absolute Gasteiger partial charge is 0.161 e. The first-order chi connectivity index (χ1) is 10.2. The Balaban J connectivity index is 1.93. The maximum Gasteiger partial charge on any atom is 0.161 e. The van der Waals surface area contributed by atoms with Crippen LogP contribution >= 0.6 is 27.5 Å².